The van der Waals surface area contributed by atoms with E-state index in [1.54, 1.807) is 18.9 Å². The minimum absolute atomic E-state index is 0.0378. The number of hydrogen-bond acceptors (Lipinski definition) is 4. The highest BCUT2D eigenvalue weighted by atomic mass is 16.2. The first-order valence-corrected chi connectivity index (χ1v) is 10.2. The van der Waals surface area contributed by atoms with E-state index in [0.29, 0.717) is 11.6 Å². The third-order valence-electron chi connectivity index (χ3n) is 6.51. The van der Waals surface area contributed by atoms with Crippen molar-refractivity contribution >= 4 is 16.9 Å². The number of rotatable bonds is 2. The Hall–Kier alpha value is -2.70. The Morgan fingerprint density at radius 2 is 2.14 bits per heavy atom. The average Bonchev–Trinajstić information content (AvgIpc) is 3.09. The summed E-state index contributed by atoms with van der Waals surface area (Å²) in [4.78, 5) is 31.9. The van der Waals surface area contributed by atoms with Crippen molar-refractivity contribution < 1.29 is 4.79 Å². The molecule has 1 aliphatic heterocycles. The molecule has 2 fully saturated rings. The molecule has 3 aromatic rings. The summed E-state index contributed by atoms with van der Waals surface area (Å²) >= 11 is 0. The van der Waals surface area contributed by atoms with Crippen LogP contribution in [0.5, 0.6) is 0 Å². The number of amides is 1. The number of fused-ring (bicyclic) bond motifs is 1. The molecule has 1 unspecified atom stereocenters. The van der Waals surface area contributed by atoms with Crippen LogP contribution in [0.3, 0.4) is 0 Å². The van der Waals surface area contributed by atoms with E-state index in [-0.39, 0.29) is 11.4 Å². The molecule has 0 aromatic carbocycles. The van der Waals surface area contributed by atoms with Gasteiger partial charge in [0.25, 0.3) is 5.91 Å². The van der Waals surface area contributed by atoms with Crippen LogP contribution in [-0.2, 0) is 7.05 Å². The van der Waals surface area contributed by atoms with Crippen LogP contribution in [0.1, 0.15) is 67.0 Å². The molecule has 1 amide bonds. The minimum atomic E-state index is -0.0378. The molecule has 1 saturated carbocycles. The molecular weight excluding hydrogens is 352 g/mol. The standard InChI is InChI=1S/C21H26N6O/c1-26-14-22-12-17(26)20(28)27-10-4-2-3-5-15(11-21(27)7-8-21)18-16-6-9-23-19(16)25-13-24-18/h6,9,12-15H,2-5,7-8,10-11H2,1H3,(H,23,24,25). The quantitative estimate of drug-likeness (QED) is 0.741. The number of aryl methyl sites for hydroxylation is 1. The van der Waals surface area contributed by atoms with Gasteiger partial charge in [0, 0.05) is 36.6 Å². The van der Waals surface area contributed by atoms with Crippen molar-refractivity contribution in [3.63, 3.8) is 0 Å². The molecule has 146 valence electrons. The maximum Gasteiger partial charge on any atom is 0.272 e. The topological polar surface area (TPSA) is 79.7 Å². The summed E-state index contributed by atoms with van der Waals surface area (Å²) < 4.78 is 1.83. The molecule has 1 atom stereocenters. The molecule has 7 heteroatoms. The fourth-order valence-corrected chi connectivity index (χ4v) is 4.83. The second-order valence-electron chi connectivity index (χ2n) is 8.32. The molecule has 3 aromatic heterocycles. The van der Waals surface area contributed by atoms with Crippen molar-refractivity contribution in [2.45, 2.75) is 56.4 Å². The number of aromatic amines is 1. The van der Waals surface area contributed by atoms with Gasteiger partial charge in [-0.1, -0.05) is 12.8 Å². The molecule has 1 saturated heterocycles. The summed E-state index contributed by atoms with van der Waals surface area (Å²) in [7, 11) is 1.89. The van der Waals surface area contributed by atoms with Gasteiger partial charge in [-0.05, 0) is 38.2 Å². The number of nitrogens with one attached hydrogen (secondary N) is 1. The molecular formula is C21H26N6O. The lowest BCUT2D eigenvalue weighted by Crippen LogP contribution is -2.44. The van der Waals surface area contributed by atoms with Crippen LogP contribution < -0.4 is 0 Å². The monoisotopic (exact) mass is 378 g/mol. The van der Waals surface area contributed by atoms with E-state index in [9.17, 15) is 4.79 Å². The number of carbonyl (C=O) groups excluding carboxylic acids is 1. The largest absolute Gasteiger partial charge is 0.346 e. The van der Waals surface area contributed by atoms with Crippen molar-refractivity contribution in [2.24, 2.45) is 7.05 Å². The Morgan fingerprint density at radius 3 is 2.93 bits per heavy atom. The summed E-state index contributed by atoms with van der Waals surface area (Å²) in [6, 6.07) is 2.08. The number of nitrogens with zero attached hydrogens (tertiary/aromatic N) is 5. The fraction of sp³-hybridized carbons (Fsp3) is 0.524. The van der Waals surface area contributed by atoms with Gasteiger partial charge in [-0.3, -0.25) is 4.79 Å². The van der Waals surface area contributed by atoms with Gasteiger partial charge in [0.2, 0.25) is 0 Å². The number of carbonyl (C=O) groups is 1. The Morgan fingerprint density at radius 1 is 1.25 bits per heavy atom. The van der Waals surface area contributed by atoms with Crippen LogP contribution in [0.15, 0.2) is 31.1 Å². The minimum Gasteiger partial charge on any atom is -0.346 e. The first kappa shape index (κ1) is 17.4. The van der Waals surface area contributed by atoms with Crippen molar-refractivity contribution in [1.29, 1.82) is 0 Å². The highest BCUT2D eigenvalue weighted by Gasteiger charge is 2.51. The Balaban J connectivity index is 1.49. The lowest BCUT2D eigenvalue weighted by atomic mass is 9.88. The van der Waals surface area contributed by atoms with Gasteiger partial charge in [-0.15, -0.1) is 0 Å². The Kier molecular flexibility index (Phi) is 4.18. The maximum atomic E-state index is 13.4. The SMILES string of the molecule is Cn1cncc1C(=O)N1CCCCCC(c2ncnc3[nH]ccc23)CC12CC2. The molecule has 2 aliphatic rings. The van der Waals surface area contributed by atoms with Crippen LogP contribution in [0.2, 0.25) is 0 Å². The van der Waals surface area contributed by atoms with Crippen molar-refractivity contribution in [1.82, 2.24) is 29.4 Å². The van der Waals surface area contributed by atoms with Gasteiger partial charge in [-0.2, -0.15) is 0 Å². The van der Waals surface area contributed by atoms with Crippen LogP contribution in [0, 0.1) is 0 Å². The van der Waals surface area contributed by atoms with E-state index in [0.717, 1.165) is 61.8 Å². The number of imidazole rings is 1. The zero-order chi connectivity index (χ0) is 19.1. The van der Waals surface area contributed by atoms with Crippen molar-refractivity contribution in [3.05, 3.63) is 42.5 Å². The predicted octanol–water partition coefficient (Wildman–Crippen LogP) is 3.41. The maximum absolute atomic E-state index is 13.4. The zero-order valence-corrected chi connectivity index (χ0v) is 16.3. The van der Waals surface area contributed by atoms with E-state index < -0.39 is 0 Å². The second-order valence-corrected chi connectivity index (χ2v) is 8.32. The summed E-state index contributed by atoms with van der Waals surface area (Å²) in [5, 5.41) is 1.12. The van der Waals surface area contributed by atoms with E-state index in [2.05, 4.69) is 30.9 Å². The van der Waals surface area contributed by atoms with Crippen LogP contribution >= 0.6 is 0 Å². The first-order valence-electron chi connectivity index (χ1n) is 10.2. The molecule has 1 aliphatic carbocycles. The van der Waals surface area contributed by atoms with Gasteiger partial charge < -0.3 is 14.5 Å². The molecule has 0 radical (unpaired) electrons. The summed E-state index contributed by atoms with van der Waals surface area (Å²) in [5.41, 5.74) is 2.67. The van der Waals surface area contributed by atoms with Gasteiger partial charge in [0.15, 0.2) is 0 Å². The highest BCUT2D eigenvalue weighted by molar-refractivity contribution is 5.93. The normalized spacial score (nSPS) is 22.0. The summed E-state index contributed by atoms with van der Waals surface area (Å²) in [6.07, 6.45) is 14.6. The van der Waals surface area contributed by atoms with Crippen LogP contribution in [-0.4, -0.2) is 47.4 Å². The van der Waals surface area contributed by atoms with Crippen LogP contribution in [0.4, 0.5) is 0 Å². The van der Waals surface area contributed by atoms with E-state index in [1.165, 1.54) is 6.42 Å². The summed E-state index contributed by atoms with van der Waals surface area (Å²) in [6.45, 7) is 0.833. The van der Waals surface area contributed by atoms with Crippen molar-refractivity contribution in [3.8, 4) is 0 Å². The molecule has 7 nitrogen and oxygen atoms in total. The molecule has 0 bridgehead atoms. The van der Waals surface area contributed by atoms with E-state index >= 15 is 0 Å². The number of aromatic nitrogens is 5. The van der Waals surface area contributed by atoms with Gasteiger partial charge in [-0.25, -0.2) is 15.0 Å². The van der Waals surface area contributed by atoms with Gasteiger partial charge in [0.05, 0.1) is 18.2 Å². The fourth-order valence-electron chi connectivity index (χ4n) is 4.83. The number of H-pyrrole nitrogens is 1. The van der Waals surface area contributed by atoms with E-state index in [1.807, 2.05) is 17.8 Å². The molecule has 1 N–H and O–H groups in total. The predicted molar refractivity (Wildman–Crippen MR) is 106 cm³/mol. The lowest BCUT2D eigenvalue weighted by molar-refractivity contribution is 0.0619. The average molecular weight is 378 g/mol. The van der Waals surface area contributed by atoms with E-state index in [4.69, 9.17) is 0 Å². The Labute approximate surface area is 164 Å². The first-order chi connectivity index (χ1) is 13.7. The molecule has 4 heterocycles. The van der Waals surface area contributed by atoms with Gasteiger partial charge in [0.1, 0.15) is 17.7 Å². The third-order valence-corrected chi connectivity index (χ3v) is 6.51. The zero-order valence-electron chi connectivity index (χ0n) is 16.3. The smallest absolute Gasteiger partial charge is 0.272 e. The summed E-state index contributed by atoms with van der Waals surface area (Å²) in [5.74, 6) is 0.469. The highest BCUT2D eigenvalue weighted by Crippen LogP contribution is 2.51. The number of hydrogen-bond donors (Lipinski definition) is 1. The third kappa shape index (κ3) is 2.89. The Bertz CT molecular complexity index is 1000. The second kappa shape index (κ2) is 6.72. The van der Waals surface area contributed by atoms with Gasteiger partial charge >= 0.3 is 0 Å². The molecule has 5 rings (SSSR count). The molecule has 1 spiro atoms. The lowest BCUT2D eigenvalue weighted by Gasteiger charge is -2.34. The van der Waals surface area contributed by atoms with Crippen molar-refractivity contribution in [2.75, 3.05) is 6.54 Å². The molecule has 28 heavy (non-hydrogen) atoms. The van der Waals surface area contributed by atoms with Crippen LogP contribution in [0.25, 0.3) is 11.0 Å².